The molecule has 1 heterocycles. The van der Waals surface area contributed by atoms with Gasteiger partial charge in [0.05, 0.1) is 12.5 Å². The number of hydrogen-bond acceptors (Lipinski definition) is 8. The van der Waals surface area contributed by atoms with E-state index in [0.29, 0.717) is 18.4 Å². The average molecular weight is 489 g/mol. The van der Waals surface area contributed by atoms with Crippen molar-refractivity contribution < 1.29 is 38.5 Å². The molecule has 2 bridgehead atoms. The van der Waals surface area contributed by atoms with Crippen LogP contribution in [-0.2, 0) is 33.4 Å². The molecule has 0 aromatic carbocycles. The summed E-state index contributed by atoms with van der Waals surface area (Å²) in [7, 11) is 1.26. The molecule has 8 heteroatoms. The van der Waals surface area contributed by atoms with Crippen molar-refractivity contribution in [1.82, 2.24) is 0 Å². The van der Waals surface area contributed by atoms with Gasteiger partial charge in [0.15, 0.2) is 5.78 Å². The summed E-state index contributed by atoms with van der Waals surface area (Å²) in [6.45, 7) is 12.3. The fourth-order valence-corrected chi connectivity index (χ4v) is 9.73. The van der Waals surface area contributed by atoms with Crippen molar-refractivity contribution in [3.8, 4) is 0 Å². The molecule has 0 spiro atoms. The first-order valence-corrected chi connectivity index (χ1v) is 12.5. The molecule has 0 aromatic heterocycles. The van der Waals surface area contributed by atoms with Gasteiger partial charge in [-0.15, -0.1) is 0 Å². The van der Waals surface area contributed by atoms with Crippen molar-refractivity contribution in [2.45, 2.75) is 85.5 Å². The van der Waals surface area contributed by atoms with Crippen molar-refractivity contribution in [3.05, 3.63) is 11.6 Å². The Kier molecular flexibility index (Phi) is 4.58. The normalized spacial score (nSPS) is 51.1. The van der Waals surface area contributed by atoms with Gasteiger partial charge in [0.25, 0.3) is 0 Å². The van der Waals surface area contributed by atoms with Crippen molar-refractivity contribution in [2.75, 3.05) is 7.11 Å². The van der Waals surface area contributed by atoms with Gasteiger partial charge in [0.1, 0.15) is 23.2 Å². The van der Waals surface area contributed by atoms with E-state index in [4.69, 9.17) is 14.2 Å². The fraction of sp³-hybridized carbons (Fsp3) is 0.778. The monoisotopic (exact) mass is 488 g/mol. The molecule has 0 amide bonds. The van der Waals surface area contributed by atoms with Gasteiger partial charge < -0.3 is 19.3 Å². The molecule has 0 aromatic rings. The number of Topliss-reactive ketones (excluding diaryl/α,β-unsaturated/α-hetero) is 1. The first-order valence-electron chi connectivity index (χ1n) is 12.5. The number of carbonyl (C=O) groups is 4. The number of carbonyl (C=O) groups excluding carboxylic acids is 4. The smallest absolute Gasteiger partial charge is 0.321 e. The predicted octanol–water partition coefficient (Wildman–Crippen LogP) is 2.75. The van der Waals surface area contributed by atoms with Crippen LogP contribution in [0, 0.1) is 38.9 Å². The predicted molar refractivity (Wildman–Crippen MR) is 123 cm³/mol. The van der Waals surface area contributed by atoms with Crippen molar-refractivity contribution in [3.63, 3.8) is 0 Å². The van der Waals surface area contributed by atoms with Crippen LogP contribution in [0.1, 0.15) is 67.7 Å². The molecule has 4 aliphatic carbocycles. The van der Waals surface area contributed by atoms with Gasteiger partial charge in [-0.2, -0.15) is 0 Å². The number of hydrogen-bond donors (Lipinski definition) is 1. The molecule has 1 saturated heterocycles. The molecule has 5 aliphatic rings. The Balaban J connectivity index is 1.77. The van der Waals surface area contributed by atoms with Crippen molar-refractivity contribution in [1.29, 1.82) is 0 Å². The summed E-state index contributed by atoms with van der Waals surface area (Å²) in [5.41, 5.74) is -6.47. The lowest BCUT2D eigenvalue weighted by Crippen LogP contribution is -2.86. The molecule has 1 N–H and O–H groups in total. The third kappa shape index (κ3) is 2.18. The Morgan fingerprint density at radius 3 is 2.34 bits per heavy atom. The van der Waals surface area contributed by atoms with Gasteiger partial charge in [0, 0.05) is 35.0 Å². The van der Waals surface area contributed by atoms with Gasteiger partial charge in [-0.1, -0.05) is 39.3 Å². The minimum Gasteiger partial charge on any atom is -0.468 e. The summed E-state index contributed by atoms with van der Waals surface area (Å²) in [5.74, 6) is -2.68. The van der Waals surface area contributed by atoms with Gasteiger partial charge in [0.2, 0.25) is 0 Å². The van der Waals surface area contributed by atoms with Crippen LogP contribution in [0.4, 0.5) is 0 Å². The van der Waals surface area contributed by atoms with E-state index in [1.165, 1.54) is 21.0 Å². The minimum absolute atomic E-state index is 0.266. The Morgan fingerprint density at radius 2 is 1.77 bits per heavy atom. The first-order chi connectivity index (χ1) is 16.0. The van der Waals surface area contributed by atoms with Gasteiger partial charge in [-0.3, -0.25) is 19.2 Å². The second kappa shape index (κ2) is 6.55. The SMILES string of the molecule is COC(=O)[C@@]12C(=O)[C@@](C)(O)[C@]1(C)C(C)=C[C@H]1[C@]34CC[C@H](OC(C)=O)C(C)(C)[C@H]3[C@H](C[C@@]12C)OC4=O. The van der Waals surface area contributed by atoms with Gasteiger partial charge in [-0.25, -0.2) is 0 Å². The van der Waals surface area contributed by atoms with E-state index in [1.807, 2.05) is 33.8 Å². The number of ketones is 1. The number of fused-ring (bicyclic) bond motifs is 3. The second-order valence-electron chi connectivity index (χ2n) is 12.6. The standard InChI is InChI=1S/C27H36O8/c1-13-11-16-23(5,27(21(31)33-8)19(29)25(7,32)24(13,27)6)12-15-18-22(3,4)17(34-14(2)28)9-10-26(16,18)20(30)35-15/h11,15-18,32H,9-10,12H2,1-8H3/t15-,16+,17-,18+,23-,24-,25+,26+,27+/m0/s1. The largest absolute Gasteiger partial charge is 0.468 e. The van der Waals surface area contributed by atoms with Crippen LogP contribution in [0.15, 0.2) is 11.6 Å². The molecule has 5 rings (SSSR count). The molecular formula is C27H36O8. The summed E-state index contributed by atoms with van der Waals surface area (Å²) in [5, 5.41) is 11.3. The molecule has 0 radical (unpaired) electrons. The number of ether oxygens (including phenoxy) is 3. The maximum absolute atomic E-state index is 13.9. The maximum Gasteiger partial charge on any atom is 0.321 e. The summed E-state index contributed by atoms with van der Waals surface area (Å²) in [6.07, 6.45) is 2.23. The molecule has 192 valence electrons. The molecule has 35 heavy (non-hydrogen) atoms. The van der Waals surface area contributed by atoms with Crippen molar-refractivity contribution >= 4 is 23.7 Å². The first kappa shape index (κ1) is 24.5. The zero-order chi connectivity index (χ0) is 26.1. The zero-order valence-corrected chi connectivity index (χ0v) is 21.8. The Hall–Kier alpha value is -2.22. The second-order valence-corrected chi connectivity index (χ2v) is 12.6. The van der Waals surface area contributed by atoms with E-state index >= 15 is 0 Å². The lowest BCUT2D eigenvalue weighted by Gasteiger charge is -2.75. The molecule has 3 saturated carbocycles. The molecule has 9 atom stereocenters. The van der Waals surface area contributed by atoms with E-state index in [2.05, 4.69) is 0 Å². The third-order valence-electron chi connectivity index (χ3n) is 11.3. The number of allylic oxidation sites excluding steroid dienone is 1. The fourth-order valence-electron chi connectivity index (χ4n) is 9.73. The third-order valence-corrected chi connectivity index (χ3v) is 11.3. The highest BCUT2D eigenvalue weighted by Crippen LogP contribution is 2.81. The van der Waals surface area contributed by atoms with Crippen molar-refractivity contribution in [2.24, 2.45) is 38.9 Å². The van der Waals surface area contributed by atoms with Gasteiger partial charge >= 0.3 is 17.9 Å². The summed E-state index contributed by atoms with van der Waals surface area (Å²) in [6, 6.07) is 0. The van der Waals surface area contributed by atoms with E-state index in [1.54, 1.807) is 6.92 Å². The number of aliphatic hydroxyl groups is 1. The van der Waals surface area contributed by atoms with Crippen LogP contribution in [0.3, 0.4) is 0 Å². The van der Waals surface area contributed by atoms with Crippen LogP contribution in [0.25, 0.3) is 0 Å². The van der Waals surface area contributed by atoms with E-state index in [-0.39, 0.29) is 30.4 Å². The summed E-state index contributed by atoms with van der Waals surface area (Å²) < 4.78 is 17.0. The van der Waals surface area contributed by atoms with Crippen LogP contribution < -0.4 is 0 Å². The summed E-state index contributed by atoms with van der Waals surface area (Å²) >= 11 is 0. The molecular weight excluding hydrogens is 452 g/mol. The Morgan fingerprint density at radius 1 is 1.14 bits per heavy atom. The number of esters is 3. The molecule has 0 unspecified atom stereocenters. The van der Waals surface area contributed by atoms with Crippen LogP contribution in [-0.4, -0.2) is 53.7 Å². The van der Waals surface area contributed by atoms with Crippen LogP contribution >= 0.6 is 0 Å². The molecule has 1 aliphatic heterocycles. The molecule has 8 nitrogen and oxygen atoms in total. The van der Waals surface area contributed by atoms with Crippen LogP contribution in [0.2, 0.25) is 0 Å². The lowest BCUT2D eigenvalue weighted by atomic mass is 9.25. The Bertz CT molecular complexity index is 1100. The van der Waals surface area contributed by atoms with E-state index < -0.39 is 56.5 Å². The molecule has 4 fully saturated rings. The summed E-state index contributed by atoms with van der Waals surface area (Å²) in [4.78, 5) is 53.1. The Labute approximate surface area is 205 Å². The van der Waals surface area contributed by atoms with E-state index in [9.17, 15) is 24.3 Å². The highest BCUT2D eigenvalue weighted by molar-refractivity contribution is 6.17. The highest BCUT2D eigenvalue weighted by Gasteiger charge is 2.91. The number of methoxy groups -OCH3 is 1. The van der Waals surface area contributed by atoms with E-state index in [0.717, 1.165) is 0 Å². The minimum atomic E-state index is -1.75. The number of rotatable bonds is 2. The highest BCUT2D eigenvalue weighted by atomic mass is 16.6. The zero-order valence-electron chi connectivity index (χ0n) is 21.8. The quantitative estimate of drug-likeness (QED) is 0.273. The topological polar surface area (TPSA) is 116 Å². The average Bonchev–Trinajstić information content (AvgIpc) is 3.00. The lowest BCUT2D eigenvalue weighted by molar-refractivity contribution is -0.274. The van der Waals surface area contributed by atoms with Crippen LogP contribution in [0.5, 0.6) is 0 Å². The van der Waals surface area contributed by atoms with Gasteiger partial charge in [-0.05, 0) is 33.1 Å². The maximum atomic E-state index is 13.9.